The van der Waals surface area contributed by atoms with Gasteiger partial charge in [0, 0.05) is 17.8 Å². The molecular formula is C12H17NO3. The predicted molar refractivity (Wildman–Crippen MR) is 62.6 cm³/mol. The maximum Gasteiger partial charge on any atom is 0.159 e. The molecule has 1 unspecified atom stereocenters. The highest BCUT2D eigenvalue weighted by Crippen LogP contribution is 2.11. The first-order chi connectivity index (χ1) is 7.44. The number of aliphatic hydroxyl groups excluding tert-OH is 1. The molecule has 88 valence electrons. The number of nitrogens with one attached hydrogen (secondary N) is 1. The Labute approximate surface area is 94.9 Å². The van der Waals surface area contributed by atoms with Gasteiger partial charge in [-0.1, -0.05) is 0 Å². The van der Waals surface area contributed by atoms with Crippen molar-refractivity contribution in [2.75, 3.05) is 18.5 Å². The lowest BCUT2D eigenvalue weighted by Gasteiger charge is -2.21. The van der Waals surface area contributed by atoms with E-state index in [1.165, 1.54) is 6.92 Å². The molecule has 0 fully saturated rings. The molecule has 0 amide bonds. The van der Waals surface area contributed by atoms with Crippen LogP contribution in [0.1, 0.15) is 24.2 Å². The second-order valence-corrected chi connectivity index (χ2v) is 4.14. The van der Waals surface area contributed by atoms with Gasteiger partial charge in [-0.05, 0) is 38.1 Å². The van der Waals surface area contributed by atoms with E-state index in [0.29, 0.717) is 5.56 Å². The first-order valence-electron chi connectivity index (χ1n) is 5.13. The molecule has 0 heterocycles. The molecule has 3 N–H and O–H groups in total. The van der Waals surface area contributed by atoms with Crippen LogP contribution < -0.4 is 5.32 Å². The molecular weight excluding hydrogens is 206 g/mol. The standard InChI is InChI=1S/C12H17NO3/c1-9(15)10-3-5-11(6-4-10)13-7-12(2,16)8-14/h3-6,13-14,16H,7-8H2,1-2H3. The minimum absolute atomic E-state index is 0.0221. The van der Waals surface area contributed by atoms with Crippen LogP contribution in [0.15, 0.2) is 24.3 Å². The fraction of sp³-hybridized carbons (Fsp3) is 0.417. The van der Waals surface area contributed by atoms with Gasteiger partial charge in [-0.3, -0.25) is 4.79 Å². The molecule has 0 aliphatic rings. The van der Waals surface area contributed by atoms with Gasteiger partial charge >= 0.3 is 0 Å². The van der Waals surface area contributed by atoms with Gasteiger partial charge in [0.25, 0.3) is 0 Å². The number of benzene rings is 1. The average Bonchev–Trinajstić information content (AvgIpc) is 2.27. The van der Waals surface area contributed by atoms with Crippen molar-refractivity contribution in [2.45, 2.75) is 19.4 Å². The van der Waals surface area contributed by atoms with E-state index >= 15 is 0 Å². The zero-order chi connectivity index (χ0) is 12.2. The zero-order valence-electron chi connectivity index (χ0n) is 9.53. The molecule has 0 saturated heterocycles. The molecule has 0 radical (unpaired) electrons. The van der Waals surface area contributed by atoms with E-state index < -0.39 is 5.60 Å². The van der Waals surface area contributed by atoms with Crippen molar-refractivity contribution in [1.29, 1.82) is 0 Å². The van der Waals surface area contributed by atoms with E-state index in [0.717, 1.165) is 5.69 Å². The second-order valence-electron chi connectivity index (χ2n) is 4.14. The lowest BCUT2D eigenvalue weighted by Crippen LogP contribution is -2.37. The Hall–Kier alpha value is -1.39. The van der Waals surface area contributed by atoms with Gasteiger partial charge in [-0.15, -0.1) is 0 Å². The first-order valence-corrected chi connectivity index (χ1v) is 5.13. The maximum atomic E-state index is 11.0. The number of hydrogen-bond acceptors (Lipinski definition) is 4. The molecule has 1 aromatic carbocycles. The first kappa shape index (κ1) is 12.7. The molecule has 0 aromatic heterocycles. The minimum Gasteiger partial charge on any atom is -0.393 e. The van der Waals surface area contributed by atoms with Gasteiger partial charge < -0.3 is 15.5 Å². The van der Waals surface area contributed by atoms with Crippen LogP contribution in [0.2, 0.25) is 0 Å². The fourth-order valence-corrected chi connectivity index (χ4v) is 1.17. The van der Waals surface area contributed by atoms with Crippen molar-refractivity contribution < 1.29 is 15.0 Å². The summed E-state index contributed by atoms with van der Waals surface area (Å²) < 4.78 is 0. The zero-order valence-corrected chi connectivity index (χ0v) is 9.53. The Morgan fingerprint density at radius 2 is 1.94 bits per heavy atom. The average molecular weight is 223 g/mol. The van der Waals surface area contributed by atoms with Crippen LogP contribution in [0.5, 0.6) is 0 Å². The van der Waals surface area contributed by atoms with Gasteiger partial charge in [0.05, 0.1) is 6.61 Å². The van der Waals surface area contributed by atoms with Gasteiger partial charge in [0.1, 0.15) is 5.60 Å². The van der Waals surface area contributed by atoms with Crippen molar-refractivity contribution in [2.24, 2.45) is 0 Å². The smallest absolute Gasteiger partial charge is 0.159 e. The number of anilines is 1. The van der Waals surface area contributed by atoms with E-state index in [1.54, 1.807) is 31.2 Å². The van der Waals surface area contributed by atoms with Crippen LogP contribution in [0, 0.1) is 0 Å². The van der Waals surface area contributed by atoms with E-state index in [9.17, 15) is 9.90 Å². The number of ketones is 1. The third kappa shape index (κ3) is 3.64. The summed E-state index contributed by atoms with van der Waals surface area (Å²) in [5.74, 6) is 0.0221. The number of carbonyl (C=O) groups is 1. The molecule has 0 saturated carbocycles. The highest BCUT2D eigenvalue weighted by atomic mass is 16.3. The molecule has 1 aromatic rings. The largest absolute Gasteiger partial charge is 0.393 e. The summed E-state index contributed by atoms with van der Waals surface area (Å²) in [6.45, 7) is 3.01. The summed E-state index contributed by atoms with van der Waals surface area (Å²) in [4.78, 5) is 11.0. The van der Waals surface area contributed by atoms with Gasteiger partial charge in [0.2, 0.25) is 0 Å². The summed E-state index contributed by atoms with van der Waals surface area (Å²) in [7, 11) is 0. The maximum absolute atomic E-state index is 11.0. The lowest BCUT2D eigenvalue weighted by atomic mass is 10.1. The molecule has 0 spiro atoms. The third-order valence-corrected chi connectivity index (χ3v) is 2.31. The van der Waals surface area contributed by atoms with Crippen LogP contribution in [-0.4, -0.2) is 34.7 Å². The van der Waals surface area contributed by atoms with Gasteiger partial charge in [0.15, 0.2) is 5.78 Å². The van der Waals surface area contributed by atoms with Gasteiger partial charge in [-0.2, -0.15) is 0 Å². The molecule has 4 nitrogen and oxygen atoms in total. The molecule has 16 heavy (non-hydrogen) atoms. The quantitative estimate of drug-likeness (QED) is 0.652. The van der Waals surface area contributed by atoms with Crippen LogP contribution in [0.4, 0.5) is 5.69 Å². The predicted octanol–water partition coefficient (Wildman–Crippen LogP) is 1.04. The van der Waals surface area contributed by atoms with E-state index in [-0.39, 0.29) is 18.9 Å². The van der Waals surface area contributed by atoms with Crippen LogP contribution in [0.25, 0.3) is 0 Å². The van der Waals surface area contributed by atoms with Crippen molar-refractivity contribution in [3.63, 3.8) is 0 Å². The Balaban J connectivity index is 2.59. The lowest BCUT2D eigenvalue weighted by molar-refractivity contribution is 0.0132. The van der Waals surface area contributed by atoms with Crippen molar-refractivity contribution in [3.05, 3.63) is 29.8 Å². The summed E-state index contributed by atoms with van der Waals surface area (Å²) in [6.07, 6.45) is 0. The summed E-state index contributed by atoms with van der Waals surface area (Å²) in [6, 6.07) is 6.98. The normalized spacial score (nSPS) is 14.2. The van der Waals surface area contributed by atoms with Crippen molar-refractivity contribution in [1.82, 2.24) is 0 Å². The topological polar surface area (TPSA) is 69.6 Å². The number of Topliss-reactive ketones (excluding diaryl/α,β-unsaturated/α-hetero) is 1. The molecule has 1 rings (SSSR count). The van der Waals surface area contributed by atoms with Crippen LogP contribution in [-0.2, 0) is 0 Å². The Morgan fingerprint density at radius 1 is 1.38 bits per heavy atom. The number of rotatable bonds is 5. The Bertz CT molecular complexity index is 357. The molecule has 0 bridgehead atoms. The fourth-order valence-electron chi connectivity index (χ4n) is 1.17. The highest BCUT2D eigenvalue weighted by Gasteiger charge is 2.18. The molecule has 0 aliphatic carbocycles. The SMILES string of the molecule is CC(=O)c1ccc(NCC(C)(O)CO)cc1. The highest BCUT2D eigenvalue weighted by molar-refractivity contribution is 5.94. The number of aliphatic hydroxyl groups is 2. The van der Waals surface area contributed by atoms with Gasteiger partial charge in [-0.25, -0.2) is 0 Å². The molecule has 1 atom stereocenters. The van der Waals surface area contributed by atoms with Crippen molar-refractivity contribution >= 4 is 11.5 Å². The third-order valence-electron chi connectivity index (χ3n) is 2.31. The number of carbonyl (C=O) groups excluding carboxylic acids is 1. The van der Waals surface area contributed by atoms with Crippen LogP contribution in [0.3, 0.4) is 0 Å². The van der Waals surface area contributed by atoms with Crippen molar-refractivity contribution in [3.8, 4) is 0 Å². The Kier molecular flexibility index (Phi) is 4.04. The minimum atomic E-state index is -1.14. The Morgan fingerprint density at radius 3 is 2.38 bits per heavy atom. The molecule has 0 aliphatic heterocycles. The summed E-state index contributed by atoms with van der Waals surface area (Å²) in [5, 5.41) is 21.4. The monoisotopic (exact) mass is 223 g/mol. The summed E-state index contributed by atoms with van der Waals surface area (Å²) >= 11 is 0. The molecule has 4 heteroatoms. The second kappa shape index (κ2) is 5.09. The number of hydrogen-bond donors (Lipinski definition) is 3. The van der Waals surface area contributed by atoms with E-state index in [4.69, 9.17) is 5.11 Å². The summed E-state index contributed by atoms with van der Waals surface area (Å²) in [5.41, 5.74) is 0.317. The van der Waals surface area contributed by atoms with E-state index in [2.05, 4.69) is 5.32 Å². The van der Waals surface area contributed by atoms with Crippen LogP contribution >= 0.6 is 0 Å². The van der Waals surface area contributed by atoms with E-state index in [1.807, 2.05) is 0 Å².